The zero-order valence-corrected chi connectivity index (χ0v) is 13.2. The second-order valence-corrected chi connectivity index (χ2v) is 6.14. The lowest BCUT2D eigenvalue weighted by Crippen LogP contribution is -2.41. The number of nitriles is 1. The normalized spacial score (nSPS) is 18.0. The number of hydrogen-bond donors (Lipinski definition) is 0. The van der Waals surface area contributed by atoms with Gasteiger partial charge in [-0.15, -0.1) is 0 Å². The Hall–Kier alpha value is -2.12. The molecule has 0 N–H and O–H groups in total. The largest absolute Gasteiger partial charge is 0.361 e. The van der Waals surface area contributed by atoms with Gasteiger partial charge in [-0.1, -0.05) is 35.5 Å². The van der Waals surface area contributed by atoms with E-state index in [1.165, 1.54) is 5.56 Å². The van der Waals surface area contributed by atoms with Gasteiger partial charge in [-0.3, -0.25) is 4.90 Å². The Bertz CT molecular complexity index is 657. The molecule has 1 aromatic carbocycles. The van der Waals surface area contributed by atoms with Crippen LogP contribution in [-0.4, -0.2) is 23.1 Å². The second-order valence-electron chi connectivity index (χ2n) is 6.14. The first-order chi connectivity index (χ1) is 10.6. The first-order valence-corrected chi connectivity index (χ1v) is 7.75. The van der Waals surface area contributed by atoms with Crippen molar-refractivity contribution in [3.05, 3.63) is 52.9 Å². The van der Waals surface area contributed by atoms with Gasteiger partial charge in [0.15, 0.2) is 0 Å². The molecular weight excluding hydrogens is 274 g/mol. The molecular formula is C18H21N3O. The lowest BCUT2D eigenvalue weighted by molar-refractivity contribution is 0.178. The minimum atomic E-state index is -0.337. The summed E-state index contributed by atoms with van der Waals surface area (Å²) in [6.07, 6.45) is 1.74. The fourth-order valence-corrected chi connectivity index (χ4v) is 3.27. The molecule has 0 amide bonds. The van der Waals surface area contributed by atoms with E-state index in [-0.39, 0.29) is 5.41 Å². The predicted molar refractivity (Wildman–Crippen MR) is 84.2 cm³/mol. The summed E-state index contributed by atoms with van der Waals surface area (Å²) in [5, 5.41) is 13.8. The number of likely N-dealkylation sites (tertiary alicyclic amines) is 1. The van der Waals surface area contributed by atoms with E-state index in [9.17, 15) is 5.26 Å². The predicted octanol–water partition coefficient (Wildman–Crippen LogP) is 3.35. The van der Waals surface area contributed by atoms with E-state index in [0.717, 1.165) is 49.5 Å². The maximum absolute atomic E-state index is 9.73. The standard InChI is InChI=1S/C18H21N3O/c1-14-17(15(2)22-20-14)12-21-10-8-18(13-19,9-11-21)16-6-4-3-5-7-16/h3-7H,8-12H2,1-2H3. The third-order valence-electron chi connectivity index (χ3n) is 4.81. The van der Waals surface area contributed by atoms with Crippen LogP contribution in [0.1, 0.15) is 35.4 Å². The summed E-state index contributed by atoms with van der Waals surface area (Å²) in [5.74, 6) is 0.901. The minimum Gasteiger partial charge on any atom is -0.361 e. The Labute approximate surface area is 131 Å². The van der Waals surface area contributed by atoms with Crippen LogP contribution >= 0.6 is 0 Å². The van der Waals surface area contributed by atoms with E-state index in [2.05, 4.69) is 28.3 Å². The summed E-state index contributed by atoms with van der Waals surface area (Å²) in [5.41, 5.74) is 2.97. The summed E-state index contributed by atoms with van der Waals surface area (Å²) in [4.78, 5) is 2.39. The third-order valence-corrected chi connectivity index (χ3v) is 4.81. The summed E-state index contributed by atoms with van der Waals surface area (Å²) in [6, 6.07) is 12.8. The Balaban J connectivity index is 1.71. The van der Waals surface area contributed by atoms with Gasteiger partial charge in [-0.25, -0.2) is 0 Å². The van der Waals surface area contributed by atoms with Crippen LogP contribution in [0, 0.1) is 25.2 Å². The first kappa shape index (κ1) is 14.8. The fourth-order valence-electron chi connectivity index (χ4n) is 3.27. The van der Waals surface area contributed by atoms with Crippen LogP contribution in [0.3, 0.4) is 0 Å². The van der Waals surface area contributed by atoms with Crippen molar-refractivity contribution in [2.45, 2.75) is 38.6 Å². The molecule has 1 aliphatic heterocycles. The van der Waals surface area contributed by atoms with Crippen LogP contribution in [0.15, 0.2) is 34.9 Å². The summed E-state index contributed by atoms with van der Waals surface area (Å²) in [6.45, 7) is 6.65. The van der Waals surface area contributed by atoms with E-state index in [1.807, 2.05) is 32.0 Å². The Morgan fingerprint density at radius 2 is 1.91 bits per heavy atom. The van der Waals surface area contributed by atoms with Gasteiger partial charge in [0.05, 0.1) is 17.2 Å². The van der Waals surface area contributed by atoms with Crippen molar-refractivity contribution < 1.29 is 4.52 Å². The molecule has 4 heteroatoms. The van der Waals surface area contributed by atoms with Crippen molar-refractivity contribution in [1.82, 2.24) is 10.1 Å². The first-order valence-electron chi connectivity index (χ1n) is 7.75. The molecule has 1 aliphatic rings. The van der Waals surface area contributed by atoms with Crippen molar-refractivity contribution >= 4 is 0 Å². The molecule has 1 saturated heterocycles. The molecule has 0 unspecified atom stereocenters. The van der Waals surface area contributed by atoms with Gasteiger partial charge < -0.3 is 4.52 Å². The smallest absolute Gasteiger partial charge is 0.138 e. The zero-order valence-electron chi connectivity index (χ0n) is 13.2. The van der Waals surface area contributed by atoms with Gasteiger partial charge in [-0.2, -0.15) is 5.26 Å². The summed E-state index contributed by atoms with van der Waals surface area (Å²) >= 11 is 0. The van der Waals surface area contributed by atoms with Crippen molar-refractivity contribution in [1.29, 1.82) is 5.26 Å². The number of hydrogen-bond acceptors (Lipinski definition) is 4. The Morgan fingerprint density at radius 3 is 2.45 bits per heavy atom. The van der Waals surface area contributed by atoms with Gasteiger partial charge in [0, 0.05) is 25.2 Å². The number of nitrogens with zero attached hydrogens (tertiary/aromatic N) is 3. The molecule has 1 aromatic heterocycles. The van der Waals surface area contributed by atoms with E-state index >= 15 is 0 Å². The molecule has 3 rings (SSSR count). The van der Waals surface area contributed by atoms with Crippen molar-refractivity contribution in [2.75, 3.05) is 13.1 Å². The van der Waals surface area contributed by atoms with E-state index < -0.39 is 0 Å². The Morgan fingerprint density at radius 1 is 1.23 bits per heavy atom. The fraction of sp³-hybridized carbons (Fsp3) is 0.444. The van der Waals surface area contributed by atoms with E-state index in [0.29, 0.717) is 0 Å². The molecule has 2 heterocycles. The van der Waals surface area contributed by atoms with Crippen LogP contribution in [0.2, 0.25) is 0 Å². The SMILES string of the molecule is Cc1noc(C)c1CN1CCC(C#N)(c2ccccc2)CC1. The zero-order chi connectivity index (χ0) is 15.6. The maximum atomic E-state index is 9.73. The molecule has 22 heavy (non-hydrogen) atoms. The monoisotopic (exact) mass is 295 g/mol. The van der Waals surface area contributed by atoms with Gasteiger partial charge in [0.2, 0.25) is 0 Å². The molecule has 1 fully saturated rings. The Kier molecular flexibility index (Phi) is 4.00. The van der Waals surface area contributed by atoms with Gasteiger partial charge in [0.1, 0.15) is 5.76 Å². The van der Waals surface area contributed by atoms with Crippen LogP contribution in [-0.2, 0) is 12.0 Å². The number of aryl methyl sites for hydroxylation is 2. The molecule has 4 nitrogen and oxygen atoms in total. The lowest BCUT2D eigenvalue weighted by atomic mass is 9.74. The van der Waals surface area contributed by atoms with E-state index in [1.54, 1.807) is 0 Å². The van der Waals surface area contributed by atoms with E-state index in [4.69, 9.17) is 4.52 Å². The van der Waals surface area contributed by atoms with Gasteiger partial charge in [0.25, 0.3) is 0 Å². The average Bonchev–Trinajstić information content (AvgIpc) is 2.88. The third kappa shape index (κ3) is 2.65. The minimum absolute atomic E-state index is 0.337. The number of piperidine rings is 1. The molecule has 114 valence electrons. The highest BCUT2D eigenvalue weighted by atomic mass is 16.5. The van der Waals surface area contributed by atoms with Gasteiger partial charge in [-0.05, 0) is 32.3 Å². The quantitative estimate of drug-likeness (QED) is 0.871. The van der Waals surface area contributed by atoms with Gasteiger partial charge >= 0.3 is 0 Å². The number of rotatable bonds is 3. The number of aromatic nitrogens is 1. The maximum Gasteiger partial charge on any atom is 0.138 e. The molecule has 0 atom stereocenters. The summed E-state index contributed by atoms with van der Waals surface area (Å²) in [7, 11) is 0. The molecule has 0 bridgehead atoms. The van der Waals surface area contributed by atoms with Crippen LogP contribution in [0.5, 0.6) is 0 Å². The molecule has 0 radical (unpaired) electrons. The van der Waals surface area contributed by atoms with Crippen LogP contribution in [0.4, 0.5) is 0 Å². The molecule has 2 aromatic rings. The molecule has 0 saturated carbocycles. The number of benzene rings is 1. The lowest BCUT2D eigenvalue weighted by Gasteiger charge is -2.37. The summed E-state index contributed by atoms with van der Waals surface area (Å²) < 4.78 is 5.24. The second kappa shape index (κ2) is 5.94. The highest BCUT2D eigenvalue weighted by Gasteiger charge is 2.36. The topological polar surface area (TPSA) is 53.1 Å². The molecule has 0 aliphatic carbocycles. The molecule has 0 spiro atoms. The van der Waals surface area contributed by atoms with Crippen LogP contribution in [0.25, 0.3) is 0 Å². The van der Waals surface area contributed by atoms with Crippen molar-refractivity contribution in [3.8, 4) is 6.07 Å². The van der Waals surface area contributed by atoms with Crippen molar-refractivity contribution in [3.63, 3.8) is 0 Å². The average molecular weight is 295 g/mol. The van der Waals surface area contributed by atoms with Crippen molar-refractivity contribution in [2.24, 2.45) is 0 Å². The van der Waals surface area contributed by atoms with Crippen LogP contribution < -0.4 is 0 Å². The highest BCUT2D eigenvalue weighted by Crippen LogP contribution is 2.35. The highest BCUT2D eigenvalue weighted by molar-refractivity contribution is 5.33.